The second kappa shape index (κ2) is 7.42. The van der Waals surface area contributed by atoms with Gasteiger partial charge in [0, 0.05) is 38.4 Å². The molecule has 1 aromatic carbocycles. The lowest BCUT2D eigenvalue weighted by Crippen LogP contribution is -2.51. The summed E-state index contributed by atoms with van der Waals surface area (Å²) in [5.41, 5.74) is 2.01. The van der Waals surface area contributed by atoms with Crippen molar-refractivity contribution in [3.05, 3.63) is 29.8 Å². The van der Waals surface area contributed by atoms with Crippen LogP contribution in [0.2, 0.25) is 0 Å². The van der Waals surface area contributed by atoms with Crippen LogP contribution in [0, 0.1) is 6.92 Å². The number of para-hydroxylation sites is 1. The van der Waals surface area contributed by atoms with Crippen LogP contribution in [0.5, 0.6) is 0 Å². The molecule has 0 aliphatic carbocycles. The number of amides is 1. The van der Waals surface area contributed by atoms with Gasteiger partial charge in [-0.2, -0.15) is 4.31 Å². The minimum absolute atomic E-state index is 0.0506. The molecule has 0 aromatic heterocycles. The van der Waals surface area contributed by atoms with Gasteiger partial charge in [-0.3, -0.25) is 9.69 Å². The zero-order valence-electron chi connectivity index (χ0n) is 14.0. The quantitative estimate of drug-likeness (QED) is 0.800. The average molecular weight is 339 g/mol. The summed E-state index contributed by atoms with van der Waals surface area (Å²) >= 11 is 0. The predicted octanol–water partition coefficient (Wildman–Crippen LogP) is 0.925. The van der Waals surface area contributed by atoms with Crippen molar-refractivity contribution in [1.82, 2.24) is 9.21 Å². The Morgan fingerprint density at radius 3 is 2.30 bits per heavy atom. The molecule has 128 valence electrons. The lowest BCUT2D eigenvalue weighted by molar-refractivity contribution is -0.120. The Morgan fingerprint density at radius 2 is 1.78 bits per heavy atom. The zero-order valence-corrected chi connectivity index (χ0v) is 14.8. The molecule has 23 heavy (non-hydrogen) atoms. The van der Waals surface area contributed by atoms with Gasteiger partial charge in [-0.1, -0.05) is 18.2 Å². The molecule has 0 radical (unpaired) electrons. The van der Waals surface area contributed by atoms with Crippen molar-refractivity contribution >= 4 is 21.6 Å². The molecule has 1 fully saturated rings. The number of carbonyl (C=O) groups is 1. The van der Waals surface area contributed by atoms with Crippen LogP contribution in [-0.2, 0) is 14.8 Å². The van der Waals surface area contributed by atoms with Gasteiger partial charge in [0.2, 0.25) is 15.9 Å². The number of rotatable bonds is 5. The number of sulfonamides is 1. The Kier molecular flexibility index (Phi) is 5.78. The van der Waals surface area contributed by atoms with Crippen molar-refractivity contribution < 1.29 is 13.2 Å². The van der Waals surface area contributed by atoms with Gasteiger partial charge in [0.1, 0.15) is 0 Å². The number of aryl methyl sites for hydroxylation is 1. The van der Waals surface area contributed by atoms with Gasteiger partial charge in [-0.15, -0.1) is 0 Å². The van der Waals surface area contributed by atoms with E-state index in [1.807, 2.05) is 43.0 Å². The molecule has 0 spiro atoms. The molecular formula is C16H25N3O3S. The third-order valence-electron chi connectivity index (χ3n) is 4.18. The van der Waals surface area contributed by atoms with Crippen LogP contribution in [0.3, 0.4) is 0 Å². The summed E-state index contributed by atoms with van der Waals surface area (Å²) in [5, 5.41) is 0. The summed E-state index contributed by atoms with van der Waals surface area (Å²) in [7, 11) is -3.14. The molecule has 0 unspecified atom stereocenters. The summed E-state index contributed by atoms with van der Waals surface area (Å²) in [6.07, 6.45) is 1.23. The van der Waals surface area contributed by atoms with Gasteiger partial charge in [0.15, 0.2) is 0 Å². The lowest BCUT2D eigenvalue weighted by Gasteiger charge is -2.34. The van der Waals surface area contributed by atoms with E-state index < -0.39 is 10.0 Å². The number of piperazine rings is 1. The highest BCUT2D eigenvalue weighted by molar-refractivity contribution is 7.88. The van der Waals surface area contributed by atoms with E-state index in [9.17, 15) is 13.2 Å². The number of carbonyl (C=O) groups excluding carboxylic acids is 1. The van der Waals surface area contributed by atoms with Gasteiger partial charge in [0.25, 0.3) is 0 Å². The standard InChI is InChI=1S/C16H25N3O3S/c1-4-19(15-8-6-5-7-14(15)2)16(20)13-17-9-11-18(12-10-17)23(3,21)22/h5-8H,4,9-13H2,1-3H3. The molecule has 1 heterocycles. The molecule has 6 nitrogen and oxygen atoms in total. The number of hydrogen-bond donors (Lipinski definition) is 0. The van der Waals surface area contributed by atoms with Crippen molar-refractivity contribution in [2.75, 3.05) is 50.4 Å². The fourth-order valence-electron chi connectivity index (χ4n) is 2.84. The molecule has 1 amide bonds. The number of likely N-dealkylation sites (N-methyl/N-ethyl adjacent to an activating group) is 1. The van der Waals surface area contributed by atoms with Gasteiger partial charge in [-0.05, 0) is 25.5 Å². The first-order valence-corrected chi connectivity index (χ1v) is 9.71. The Hall–Kier alpha value is -1.44. The number of hydrogen-bond acceptors (Lipinski definition) is 4. The largest absolute Gasteiger partial charge is 0.311 e. The van der Waals surface area contributed by atoms with Crippen LogP contribution < -0.4 is 4.90 Å². The van der Waals surface area contributed by atoms with E-state index in [1.165, 1.54) is 10.6 Å². The summed E-state index contributed by atoms with van der Waals surface area (Å²) in [6.45, 7) is 6.97. The maximum Gasteiger partial charge on any atom is 0.241 e. The molecule has 0 N–H and O–H groups in total. The van der Waals surface area contributed by atoms with Crippen LogP contribution in [-0.4, -0.2) is 69.1 Å². The van der Waals surface area contributed by atoms with Gasteiger partial charge < -0.3 is 4.90 Å². The summed E-state index contributed by atoms with van der Waals surface area (Å²) in [4.78, 5) is 16.4. The van der Waals surface area contributed by atoms with E-state index in [1.54, 1.807) is 4.90 Å². The Morgan fingerprint density at radius 1 is 1.17 bits per heavy atom. The van der Waals surface area contributed by atoms with Gasteiger partial charge in [0.05, 0.1) is 12.8 Å². The fraction of sp³-hybridized carbons (Fsp3) is 0.562. The first-order chi connectivity index (χ1) is 10.8. The van der Waals surface area contributed by atoms with Crippen molar-refractivity contribution in [2.24, 2.45) is 0 Å². The summed E-state index contributed by atoms with van der Waals surface area (Å²) in [5.74, 6) is 0.0506. The maximum atomic E-state index is 12.6. The van der Waals surface area contributed by atoms with Crippen molar-refractivity contribution in [3.8, 4) is 0 Å². The fourth-order valence-corrected chi connectivity index (χ4v) is 3.67. The maximum absolute atomic E-state index is 12.6. The minimum Gasteiger partial charge on any atom is -0.311 e. The highest BCUT2D eigenvalue weighted by Crippen LogP contribution is 2.19. The van der Waals surface area contributed by atoms with Crippen LogP contribution in [0.15, 0.2) is 24.3 Å². The molecule has 0 saturated carbocycles. The predicted molar refractivity (Wildman–Crippen MR) is 92.1 cm³/mol. The first-order valence-electron chi connectivity index (χ1n) is 7.86. The molecule has 0 atom stereocenters. The Balaban J connectivity index is 1.98. The molecule has 1 aliphatic heterocycles. The summed E-state index contributed by atoms with van der Waals surface area (Å²) in [6, 6.07) is 7.85. The second-order valence-electron chi connectivity index (χ2n) is 5.86. The number of anilines is 1. The van der Waals surface area contributed by atoms with E-state index >= 15 is 0 Å². The highest BCUT2D eigenvalue weighted by Gasteiger charge is 2.26. The molecule has 1 aromatic rings. The third kappa shape index (κ3) is 4.53. The normalized spacial score (nSPS) is 17.2. The van der Waals surface area contributed by atoms with Crippen LogP contribution in [0.1, 0.15) is 12.5 Å². The van der Waals surface area contributed by atoms with E-state index in [0.717, 1.165) is 11.3 Å². The van der Waals surface area contributed by atoms with E-state index in [2.05, 4.69) is 0 Å². The Labute approximate surface area is 138 Å². The number of benzene rings is 1. The molecular weight excluding hydrogens is 314 g/mol. The monoisotopic (exact) mass is 339 g/mol. The molecule has 0 bridgehead atoms. The summed E-state index contributed by atoms with van der Waals surface area (Å²) < 4.78 is 24.5. The third-order valence-corrected chi connectivity index (χ3v) is 5.49. The van der Waals surface area contributed by atoms with Crippen molar-refractivity contribution in [2.45, 2.75) is 13.8 Å². The minimum atomic E-state index is -3.14. The van der Waals surface area contributed by atoms with Crippen molar-refractivity contribution in [1.29, 1.82) is 0 Å². The molecule has 1 aliphatic rings. The van der Waals surface area contributed by atoms with Crippen LogP contribution in [0.25, 0.3) is 0 Å². The number of nitrogens with zero attached hydrogens (tertiary/aromatic N) is 3. The smallest absolute Gasteiger partial charge is 0.241 e. The zero-order chi connectivity index (χ0) is 17.0. The van der Waals surface area contributed by atoms with E-state index in [-0.39, 0.29) is 5.91 Å². The topological polar surface area (TPSA) is 60.9 Å². The van der Waals surface area contributed by atoms with E-state index in [4.69, 9.17) is 0 Å². The van der Waals surface area contributed by atoms with Gasteiger partial charge in [-0.25, -0.2) is 8.42 Å². The first kappa shape index (κ1) is 17.9. The lowest BCUT2D eigenvalue weighted by atomic mass is 10.1. The van der Waals surface area contributed by atoms with Gasteiger partial charge >= 0.3 is 0 Å². The van der Waals surface area contributed by atoms with E-state index in [0.29, 0.717) is 39.3 Å². The average Bonchev–Trinajstić information content (AvgIpc) is 2.49. The van der Waals surface area contributed by atoms with Crippen molar-refractivity contribution in [3.63, 3.8) is 0 Å². The molecule has 1 saturated heterocycles. The molecule has 7 heteroatoms. The second-order valence-corrected chi connectivity index (χ2v) is 7.85. The molecule has 2 rings (SSSR count). The van der Waals surface area contributed by atoms with Crippen LogP contribution in [0.4, 0.5) is 5.69 Å². The van der Waals surface area contributed by atoms with Crippen LogP contribution >= 0.6 is 0 Å². The SMILES string of the molecule is CCN(C(=O)CN1CCN(S(C)(=O)=O)CC1)c1ccccc1C. The Bertz CT molecular complexity index is 652. The highest BCUT2D eigenvalue weighted by atomic mass is 32.2.